The van der Waals surface area contributed by atoms with Crippen LogP contribution in [0, 0.1) is 5.82 Å². The van der Waals surface area contributed by atoms with E-state index in [0.29, 0.717) is 12.3 Å². The van der Waals surface area contributed by atoms with Gasteiger partial charge in [0.1, 0.15) is 0 Å². The molecule has 0 radical (unpaired) electrons. The normalized spacial score (nSPS) is 10.7. The van der Waals surface area contributed by atoms with Crippen LogP contribution in [0.4, 0.5) is 4.39 Å². The zero-order valence-corrected chi connectivity index (χ0v) is 11.2. The van der Waals surface area contributed by atoms with E-state index in [1.54, 1.807) is 23.1 Å². The Bertz CT molecular complexity index is 539. The number of nitrogens with one attached hydrogen (secondary N) is 1. The lowest BCUT2D eigenvalue weighted by Gasteiger charge is -2.10. The zero-order valence-electron chi connectivity index (χ0n) is 11.2. The first-order valence-electron chi connectivity index (χ1n) is 6.37. The van der Waals surface area contributed by atoms with Crippen molar-refractivity contribution in [3.63, 3.8) is 0 Å². The van der Waals surface area contributed by atoms with Crippen LogP contribution >= 0.6 is 0 Å². The van der Waals surface area contributed by atoms with Crippen molar-refractivity contribution in [3.05, 3.63) is 42.0 Å². The molecule has 1 aromatic heterocycles. The Labute approximate surface area is 112 Å². The van der Waals surface area contributed by atoms with Gasteiger partial charge in [0.2, 0.25) is 0 Å². The number of aromatic nitrogens is 2. The Kier molecular flexibility index (Phi) is 4.52. The molecule has 0 saturated heterocycles. The average Bonchev–Trinajstić information content (AvgIpc) is 2.82. The van der Waals surface area contributed by atoms with Crippen LogP contribution in [-0.4, -0.2) is 16.8 Å². The number of para-hydroxylation sites is 1. The molecule has 5 heteroatoms. The molecule has 2 rings (SSSR count). The van der Waals surface area contributed by atoms with E-state index in [2.05, 4.69) is 17.3 Å². The molecule has 0 aliphatic carbocycles. The molecule has 0 amide bonds. The number of nitrogens with zero attached hydrogens (tertiary/aromatic N) is 2. The molecular weight excluding hydrogens is 245 g/mol. The van der Waals surface area contributed by atoms with Crippen molar-refractivity contribution in [2.45, 2.75) is 26.4 Å². The molecule has 0 spiro atoms. The smallest absolute Gasteiger partial charge is 0.167 e. The summed E-state index contributed by atoms with van der Waals surface area (Å²) in [6, 6.07) is 4.91. The van der Waals surface area contributed by atoms with Gasteiger partial charge in [-0.2, -0.15) is 5.10 Å². The summed E-state index contributed by atoms with van der Waals surface area (Å²) in [6.07, 6.45) is 4.37. The van der Waals surface area contributed by atoms with Gasteiger partial charge in [0, 0.05) is 18.7 Å². The standard InChI is InChI=1S/C14H18FN3O/c1-3-7-18-10-12(9-17-18)19-14-11(8-16-2)5-4-6-13(14)15/h4-6,9-10,16H,3,7-8H2,1-2H3. The number of hydrogen-bond donors (Lipinski definition) is 1. The maximum absolute atomic E-state index is 13.8. The zero-order chi connectivity index (χ0) is 13.7. The molecule has 0 aliphatic rings. The van der Waals surface area contributed by atoms with Gasteiger partial charge in [-0.05, 0) is 19.5 Å². The van der Waals surface area contributed by atoms with Crippen LogP contribution in [0.2, 0.25) is 0 Å². The lowest BCUT2D eigenvalue weighted by molar-refractivity contribution is 0.433. The summed E-state index contributed by atoms with van der Waals surface area (Å²) in [6.45, 7) is 3.45. The Morgan fingerprint density at radius 3 is 3.00 bits per heavy atom. The fourth-order valence-corrected chi connectivity index (χ4v) is 1.86. The lowest BCUT2D eigenvalue weighted by atomic mass is 10.2. The second-order valence-electron chi connectivity index (χ2n) is 4.30. The minimum Gasteiger partial charge on any atom is -0.451 e. The highest BCUT2D eigenvalue weighted by molar-refractivity contribution is 5.38. The van der Waals surface area contributed by atoms with Crippen LogP contribution in [0.1, 0.15) is 18.9 Å². The van der Waals surface area contributed by atoms with Crippen LogP contribution in [0.25, 0.3) is 0 Å². The third kappa shape index (κ3) is 3.32. The molecule has 0 unspecified atom stereocenters. The fraction of sp³-hybridized carbons (Fsp3) is 0.357. The Balaban J connectivity index is 2.21. The highest BCUT2D eigenvalue weighted by Crippen LogP contribution is 2.28. The van der Waals surface area contributed by atoms with Gasteiger partial charge in [-0.1, -0.05) is 19.1 Å². The maximum Gasteiger partial charge on any atom is 0.167 e. The van der Waals surface area contributed by atoms with Crippen molar-refractivity contribution in [3.8, 4) is 11.5 Å². The largest absolute Gasteiger partial charge is 0.451 e. The lowest BCUT2D eigenvalue weighted by Crippen LogP contribution is -2.07. The van der Waals surface area contributed by atoms with Crippen molar-refractivity contribution in [1.82, 2.24) is 15.1 Å². The van der Waals surface area contributed by atoms with Gasteiger partial charge >= 0.3 is 0 Å². The molecule has 102 valence electrons. The van der Waals surface area contributed by atoms with E-state index in [1.165, 1.54) is 6.07 Å². The fourth-order valence-electron chi connectivity index (χ4n) is 1.86. The van der Waals surface area contributed by atoms with E-state index in [4.69, 9.17) is 4.74 Å². The summed E-state index contributed by atoms with van der Waals surface area (Å²) in [7, 11) is 1.81. The molecule has 0 atom stereocenters. The van der Waals surface area contributed by atoms with Crippen LogP contribution in [0.5, 0.6) is 11.5 Å². The topological polar surface area (TPSA) is 39.1 Å². The number of hydrogen-bond acceptors (Lipinski definition) is 3. The van der Waals surface area contributed by atoms with Gasteiger partial charge < -0.3 is 10.1 Å². The molecule has 0 fully saturated rings. The Morgan fingerprint density at radius 2 is 2.26 bits per heavy atom. The summed E-state index contributed by atoms with van der Waals surface area (Å²) in [5, 5.41) is 7.16. The van der Waals surface area contributed by atoms with Gasteiger partial charge in [-0.3, -0.25) is 4.68 Å². The van der Waals surface area contributed by atoms with E-state index in [9.17, 15) is 4.39 Å². The molecule has 0 bridgehead atoms. The number of aryl methyl sites for hydroxylation is 1. The summed E-state index contributed by atoms with van der Waals surface area (Å²) >= 11 is 0. The maximum atomic E-state index is 13.8. The first-order chi connectivity index (χ1) is 9.24. The van der Waals surface area contributed by atoms with E-state index in [-0.39, 0.29) is 11.6 Å². The van der Waals surface area contributed by atoms with Crippen molar-refractivity contribution >= 4 is 0 Å². The molecule has 0 aliphatic heterocycles. The number of rotatable bonds is 6. The van der Waals surface area contributed by atoms with Crippen molar-refractivity contribution in [1.29, 1.82) is 0 Å². The predicted octanol–water partition coefficient (Wildman–Crippen LogP) is 2.94. The van der Waals surface area contributed by atoms with E-state index in [0.717, 1.165) is 18.5 Å². The Hall–Kier alpha value is -1.88. The molecule has 1 aromatic carbocycles. The summed E-state index contributed by atoms with van der Waals surface area (Å²) in [5.41, 5.74) is 0.783. The van der Waals surface area contributed by atoms with E-state index >= 15 is 0 Å². The summed E-state index contributed by atoms with van der Waals surface area (Å²) < 4.78 is 21.2. The third-order valence-electron chi connectivity index (χ3n) is 2.70. The highest BCUT2D eigenvalue weighted by Gasteiger charge is 2.11. The summed E-state index contributed by atoms with van der Waals surface area (Å²) in [4.78, 5) is 0. The molecule has 4 nitrogen and oxygen atoms in total. The second-order valence-corrected chi connectivity index (χ2v) is 4.30. The van der Waals surface area contributed by atoms with Crippen molar-refractivity contribution < 1.29 is 9.13 Å². The third-order valence-corrected chi connectivity index (χ3v) is 2.70. The van der Waals surface area contributed by atoms with Crippen molar-refractivity contribution in [2.75, 3.05) is 7.05 Å². The van der Waals surface area contributed by atoms with Crippen LogP contribution < -0.4 is 10.1 Å². The van der Waals surface area contributed by atoms with Gasteiger partial charge in [0.25, 0.3) is 0 Å². The van der Waals surface area contributed by atoms with Gasteiger partial charge in [-0.25, -0.2) is 4.39 Å². The minimum absolute atomic E-state index is 0.257. The first-order valence-corrected chi connectivity index (χ1v) is 6.37. The van der Waals surface area contributed by atoms with Gasteiger partial charge in [0.05, 0.1) is 12.4 Å². The number of ether oxygens (including phenoxy) is 1. The van der Waals surface area contributed by atoms with Gasteiger partial charge in [0.15, 0.2) is 17.3 Å². The van der Waals surface area contributed by atoms with Crippen molar-refractivity contribution in [2.24, 2.45) is 0 Å². The first kappa shape index (κ1) is 13.5. The number of halogens is 1. The molecule has 1 N–H and O–H groups in total. The molecule has 0 saturated carbocycles. The van der Waals surface area contributed by atoms with Crippen LogP contribution in [0.3, 0.4) is 0 Å². The molecule has 2 aromatic rings. The predicted molar refractivity (Wildman–Crippen MR) is 71.8 cm³/mol. The average molecular weight is 263 g/mol. The van der Waals surface area contributed by atoms with Crippen LogP contribution in [-0.2, 0) is 13.1 Å². The van der Waals surface area contributed by atoms with Crippen LogP contribution in [0.15, 0.2) is 30.6 Å². The molecule has 1 heterocycles. The quantitative estimate of drug-likeness (QED) is 0.871. The van der Waals surface area contributed by atoms with E-state index < -0.39 is 0 Å². The van der Waals surface area contributed by atoms with Gasteiger partial charge in [-0.15, -0.1) is 0 Å². The highest BCUT2D eigenvalue weighted by atomic mass is 19.1. The monoisotopic (exact) mass is 263 g/mol. The molecular formula is C14H18FN3O. The summed E-state index contributed by atoms with van der Waals surface area (Å²) in [5.74, 6) is 0.444. The van der Waals surface area contributed by atoms with E-state index in [1.807, 2.05) is 13.1 Å². The Morgan fingerprint density at radius 1 is 1.42 bits per heavy atom. The number of benzene rings is 1. The molecule has 19 heavy (non-hydrogen) atoms. The minimum atomic E-state index is -0.365. The SMILES string of the molecule is CCCn1cc(Oc2c(F)cccc2CNC)cn1. The second kappa shape index (κ2) is 6.33.